The molecule has 0 radical (unpaired) electrons. The number of anilines is 3. The van der Waals surface area contributed by atoms with Gasteiger partial charge >= 0.3 is 0 Å². The molecule has 0 N–H and O–H groups in total. The highest BCUT2D eigenvalue weighted by Crippen LogP contribution is 2.52. The van der Waals surface area contributed by atoms with Crippen LogP contribution < -0.4 is 20.6 Å². The molecule has 12 rings (SSSR count). The van der Waals surface area contributed by atoms with Crippen LogP contribution in [0.5, 0.6) is 0 Å². The third kappa shape index (κ3) is 5.23. The summed E-state index contributed by atoms with van der Waals surface area (Å²) in [5.74, 6) is 0. The van der Waals surface area contributed by atoms with E-state index >= 15 is 0 Å². The second-order valence-electron chi connectivity index (χ2n) is 19.9. The summed E-state index contributed by atoms with van der Waals surface area (Å²) in [6.07, 6.45) is 2.43. The van der Waals surface area contributed by atoms with E-state index in [0.717, 1.165) is 0 Å². The number of nitrogens with zero attached hydrogens (tertiary/aromatic N) is 1. The second kappa shape index (κ2) is 12.6. The highest BCUT2D eigenvalue weighted by Gasteiger charge is 2.46. The van der Waals surface area contributed by atoms with E-state index in [1.165, 1.54) is 120 Å². The number of hydrogen-bond donors (Lipinski definition) is 0. The van der Waals surface area contributed by atoms with Gasteiger partial charge in [-0.15, -0.1) is 22.7 Å². The maximum atomic E-state index is 2.63. The molecule has 1 aliphatic carbocycles. The van der Waals surface area contributed by atoms with Crippen molar-refractivity contribution in [1.29, 1.82) is 0 Å². The largest absolute Gasteiger partial charge is 0.311 e. The highest BCUT2D eigenvalue weighted by molar-refractivity contribution is 7.34. The van der Waals surface area contributed by atoms with Gasteiger partial charge in [0.15, 0.2) is 0 Å². The third-order valence-corrected chi connectivity index (χ3v) is 16.7. The van der Waals surface area contributed by atoms with Gasteiger partial charge in [-0.1, -0.05) is 127 Å². The average Bonchev–Trinajstić information content (AvgIpc) is 3.91. The second-order valence-corrected chi connectivity index (χ2v) is 22.1. The molecule has 0 bridgehead atoms. The Morgan fingerprint density at radius 3 is 2.03 bits per heavy atom. The Labute approximate surface area is 362 Å². The Hall–Kier alpha value is -5.42. The van der Waals surface area contributed by atoms with Gasteiger partial charge in [0.05, 0.1) is 5.69 Å². The molecule has 7 aromatic carbocycles. The fourth-order valence-electron chi connectivity index (χ4n) is 10.9. The summed E-state index contributed by atoms with van der Waals surface area (Å²) in [6, 6.07) is 53.9. The topological polar surface area (TPSA) is 3.24 Å². The van der Waals surface area contributed by atoms with Crippen LogP contribution in [-0.4, -0.2) is 6.71 Å². The lowest BCUT2D eigenvalue weighted by Crippen LogP contribution is -2.54. The van der Waals surface area contributed by atoms with Gasteiger partial charge in [-0.2, -0.15) is 0 Å². The molecule has 0 atom stereocenters. The summed E-state index contributed by atoms with van der Waals surface area (Å²) in [5.41, 5.74) is 19.2. The predicted octanol–water partition coefficient (Wildman–Crippen LogP) is 14.5. The molecule has 292 valence electrons. The zero-order valence-corrected chi connectivity index (χ0v) is 37.2. The average molecular weight is 810 g/mol. The summed E-state index contributed by atoms with van der Waals surface area (Å²) < 4.78 is 5.60. The predicted molar refractivity (Wildman–Crippen MR) is 264 cm³/mol. The Balaban J connectivity index is 1.18. The van der Waals surface area contributed by atoms with Crippen molar-refractivity contribution in [2.24, 2.45) is 0 Å². The summed E-state index contributed by atoms with van der Waals surface area (Å²) >= 11 is 3.94. The quantitative estimate of drug-likeness (QED) is 0.161. The molecule has 0 saturated carbocycles. The highest BCUT2D eigenvalue weighted by atomic mass is 32.1. The van der Waals surface area contributed by atoms with Gasteiger partial charge in [0.25, 0.3) is 6.71 Å². The van der Waals surface area contributed by atoms with Crippen LogP contribution in [0.4, 0.5) is 17.1 Å². The van der Waals surface area contributed by atoms with Crippen LogP contribution in [0.15, 0.2) is 140 Å². The molecule has 4 heterocycles. The van der Waals surface area contributed by atoms with Gasteiger partial charge in [-0.3, -0.25) is 0 Å². The molecule has 9 aromatic rings. The van der Waals surface area contributed by atoms with Crippen molar-refractivity contribution in [2.75, 3.05) is 4.90 Å². The Morgan fingerprint density at radius 1 is 0.517 bits per heavy atom. The number of thiophene rings is 2. The first-order chi connectivity index (χ1) is 28.9. The lowest BCUT2D eigenvalue weighted by molar-refractivity contribution is 0.332. The standard InChI is InChI=1S/C56H48BNS2/c1-54(2,3)36-22-23-45(38(30-36)33-15-9-8-10-16-33)58-46-19-13-12-18-44(46)57-52-41(51-40-31-42-43(32-50(40)60-53(51)57)56(6,7)26-25-55(42,4)5)28-35(29-47(52)58)34-21-24-49-39(27-34)37-17-11-14-20-48(37)59-49/h8-24,27-32H,25-26H2,1-7H3. The van der Waals surface area contributed by atoms with Crippen LogP contribution in [0, 0.1) is 0 Å². The number of para-hydroxylation sites is 1. The molecule has 0 unspecified atom stereocenters. The van der Waals surface area contributed by atoms with Gasteiger partial charge < -0.3 is 4.90 Å². The Bertz CT molecular complexity index is 3260. The van der Waals surface area contributed by atoms with Crippen molar-refractivity contribution >= 4 is 92.4 Å². The molecular formula is C56H48BNS2. The fourth-order valence-corrected chi connectivity index (χ4v) is 13.3. The molecular weight excluding hydrogens is 762 g/mol. The van der Waals surface area contributed by atoms with Crippen LogP contribution in [0.25, 0.3) is 63.6 Å². The first kappa shape index (κ1) is 36.4. The summed E-state index contributed by atoms with van der Waals surface area (Å²) in [4.78, 5) is 2.62. The van der Waals surface area contributed by atoms with Crippen LogP contribution in [0.2, 0.25) is 0 Å². The number of hydrogen-bond acceptors (Lipinski definition) is 3. The van der Waals surface area contributed by atoms with E-state index in [1.54, 1.807) is 5.56 Å². The van der Waals surface area contributed by atoms with Crippen molar-refractivity contribution in [3.8, 4) is 33.4 Å². The van der Waals surface area contributed by atoms with Crippen molar-refractivity contribution < 1.29 is 0 Å². The number of fused-ring (bicyclic) bond motifs is 11. The molecule has 3 aliphatic rings. The van der Waals surface area contributed by atoms with Crippen LogP contribution in [0.3, 0.4) is 0 Å². The van der Waals surface area contributed by atoms with E-state index in [9.17, 15) is 0 Å². The molecule has 60 heavy (non-hydrogen) atoms. The monoisotopic (exact) mass is 809 g/mol. The smallest absolute Gasteiger partial charge is 0.260 e. The Kier molecular flexibility index (Phi) is 7.63. The zero-order chi connectivity index (χ0) is 40.9. The zero-order valence-electron chi connectivity index (χ0n) is 35.5. The molecule has 0 amide bonds. The van der Waals surface area contributed by atoms with E-state index in [2.05, 4.69) is 193 Å². The Morgan fingerprint density at radius 2 is 1.23 bits per heavy atom. The first-order valence-corrected chi connectivity index (χ1v) is 23.3. The third-order valence-electron chi connectivity index (χ3n) is 14.3. The maximum absolute atomic E-state index is 2.63. The number of benzene rings is 7. The molecule has 0 fully saturated rings. The van der Waals surface area contributed by atoms with E-state index in [4.69, 9.17) is 0 Å². The van der Waals surface area contributed by atoms with E-state index < -0.39 is 0 Å². The molecule has 1 nitrogen and oxygen atoms in total. The van der Waals surface area contributed by atoms with E-state index in [1.807, 2.05) is 22.7 Å². The van der Waals surface area contributed by atoms with E-state index in [-0.39, 0.29) is 23.0 Å². The minimum absolute atomic E-state index is 0.0108. The molecule has 0 spiro atoms. The van der Waals surface area contributed by atoms with E-state index in [0.29, 0.717) is 0 Å². The maximum Gasteiger partial charge on any atom is 0.260 e. The van der Waals surface area contributed by atoms with Gasteiger partial charge in [0.2, 0.25) is 0 Å². The normalized spacial score (nSPS) is 16.0. The van der Waals surface area contributed by atoms with Gasteiger partial charge in [-0.05, 0) is 150 Å². The minimum Gasteiger partial charge on any atom is -0.311 e. The van der Waals surface area contributed by atoms with Gasteiger partial charge in [-0.25, -0.2) is 0 Å². The van der Waals surface area contributed by atoms with Gasteiger partial charge in [0.1, 0.15) is 0 Å². The minimum atomic E-state index is 0.0108. The van der Waals surface area contributed by atoms with Gasteiger partial charge in [0, 0.05) is 47.2 Å². The molecule has 4 heteroatoms. The molecule has 0 saturated heterocycles. The lowest BCUT2D eigenvalue weighted by Gasteiger charge is -2.42. The van der Waals surface area contributed by atoms with Crippen LogP contribution >= 0.6 is 22.7 Å². The lowest BCUT2D eigenvalue weighted by atomic mass is 9.39. The van der Waals surface area contributed by atoms with Crippen molar-refractivity contribution in [1.82, 2.24) is 0 Å². The summed E-state index contributed by atoms with van der Waals surface area (Å²) in [6.45, 7) is 17.0. The summed E-state index contributed by atoms with van der Waals surface area (Å²) in [5, 5.41) is 4.10. The SMILES string of the molecule is CC(C)(C)c1ccc(N2c3ccccc3B3c4sc5cc6c(cc5c4-c4cc(-c5ccc7sc8ccccc8c7c5)cc2c43)C(C)(C)CCC6(C)C)c(-c2ccccc2)c1. The van der Waals surface area contributed by atoms with Crippen molar-refractivity contribution in [2.45, 2.75) is 77.6 Å². The van der Waals surface area contributed by atoms with Crippen molar-refractivity contribution in [3.05, 3.63) is 156 Å². The summed E-state index contributed by atoms with van der Waals surface area (Å²) in [7, 11) is 0. The van der Waals surface area contributed by atoms with Crippen LogP contribution in [0.1, 0.15) is 78.0 Å². The van der Waals surface area contributed by atoms with Crippen molar-refractivity contribution in [3.63, 3.8) is 0 Å². The molecule has 2 aliphatic heterocycles. The fraction of sp³-hybridized carbons (Fsp3) is 0.214. The first-order valence-electron chi connectivity index (χ1n) is 21.7. The molecule has 2 aromatic heterocycles. The van der Waals surface area contributed by atoms with Crippen LogP contribution in [-0.2, 0) is 16.2 Å². The number of rotatable bonds is 3.